The Hall–Kier alpha value is -1.68. The van der Waals surface area contributed by atoms with Gasteiger partial charge in [0.25, 0.3) is 0 Å². The van der Waals surface area contributed by atoms with Gasteiger partial charge in [-0.05, 0) is 31.7 Å². The minimum atomic E-state index is 0.478. The van der Waals surface area contributed by atoms with E-state index in [4.69, 9.17) is 0 Å². The molecular formula is C16H24N4. The third kappa shape index (κ3) is 4.46. The lowest BCUT2D eigenvalue weighted by Crippen LogP contribution is -2.30. The predicted octanol–water partition coefficient (Wildman–Crippen LogP) is 2.76. The van der Waals surface area contributed by atoms with Crippen LogP contribution in [0.25, 0.3) is 0 Å². The Morgan fingerprint density at radius 1 is 1.30 bits per heavy atom. The van der Waals surface area contributed by atoms with Crippen LogP contribution in [-0.2, 0) is 6.54 Å². The van der Waals surface area contributed by atoms with E-state index in [1.165, 1.54) is 11.1 Å². The molecule has 1 aromatic heterocycles. The first-order valence-corrected chi connectivity index (χ1v) is 7.27. The number of nitrogens with zero attached hydrogens (tertiary/aromatic N) is 3. The molecule has 0 aliphatic heterocycles. The number of benzene rings is 1. The number of hydrogen-bond donors (Lipinski definition) is 1. The molecule has 4 nitrogen and oxygen atoms in total. The SMILES string of the molecule is Cc1cccc([C@@H](C)CN[C@H](C)CCn2cncn2)c1. The zero-order chi connectivity index (χ0) is 14.4. The molecule has 4 heteroatoms. The van der Waals surface area contributed by atoms with Crippen LogP contribution >= 0.6 is 0 Å². The summed E-state index contributed by atoms with van der Waals surface area (Å²) >= 11 is 0. The van der Waals surface area contributed by atoms with Crippen LogP contribution in [-0.4, -0.2) is 27.4 Å². The molecule has 0 amide bonds. The maximum atomic E-state index is 4.12. The fraction of sp³-hybridized carbons (Fsp3) is 0.500. The summed E-state index contributed by atoms with van der Waals surface area (Å²) in [6, 6.07) is 9.23. The van der Waals surface area contributed by atoms with Crippen molar-refractivity contribution < 1.29 is 0 Å². The van der Waals surface area contributed by atoms with Gasteiger partial charge in [-0.2, -0.15) is 5.10 Å². The topological polar surface area (TPSA) is 42.7 Å². The van der Waals surface area contributed by atoms with E-state index in [0.717, 1.165) is 19.5 Å². The van der Waals surface area contributed by atoms with E-state index in [1.54, 1.807) is 12.7 Å². The molecule has 0 bridgehead atoms. The fourth-order valence-electron chi connectivity index (χ4n) is 2.25. The molecule has 0 fully saturated rings. The fourth-order valence-corrected chi connectivity index (χ4v) is 2.25. The zero-order valence-corrected chi connectivity index (χ0v) is 12.6. The zero-order valence-electron chi connectivity index (χ0n) is 12.6. The second-order valence-electron chi connectivity index (χ2n) is 5.57. The molecule has 0 saturated carbocycles. The van der Waals surface area contributed by atoms with Gasteiger partial charge in [0.1, 0.15) is 12.7 Å². The lowest BCUT2D eigenvalue weighted by atomic mass is 9.99. The largest absolute Gasteiger partial charge is 0.314 e. The average molecular weight is 272 g/mol. The first kappa shape index (κ1) is 14.7. The highest BCUT2D eigenvalue weighted by Crippen LogP contribution is 2.15. The lowest BCUT2D eigenvalue weighted by molar-refractivity contribution is 0.447. The van der Waals surface area contributed by atoms with Crippen molar-refractivity contribution >= 4 is 0 Å². The summed E-state index contributed by atoms with van der Waals surface area (Å²) in [5, 5.41) is 7.72. The molecule has 0 aliphatic carbocycles. The van der Waals surface area contributed by atoms with E-state index >= 15 is 0 Å². The van der Waals surface area contributed by atoms with Gasteiger partial charge in [-0.15, -0.1) is 0 Å². The average Bonchev–Trinajstić information content (AvgIpc) is 2.95. The lowest BCUT2D eigenvalue weighted by Gasteiger charge is -2.18. The highest BCUT2D eigenvalue weighted by molar-refractivity contribution is 5.25. The maximum Gasteiger partial charge on any atom is 0.137 e. The minimum absolute atomic E-state index is 0.478. The summed E-state index contributed by atoms with van der Waals surface area (Å²) < 4.78 is 1.88. The van der Waals surface area contributed by atoms with Gasteiger partial charge in [-0.25, -0.2) is 4.98 Å². The van der Waals surface area contributed by atoms with Gasteiger partial charge in [-0.3, -0.25) is 4.68 Å². The van der Waals surface area contributed by atoms with Gasteiger partial charge in [0.15, 0.2) is 0 Å². The van der Waals surface area contributed by atoms with Gasteiger partial charge in [0.05, 0.1) is 0 Å². The van der Waals surface area contributed by atoms with E-state index in [-0.39, 0.29) is 0 Å². The Kier molecular flexibility index (Phi) is 5.30. The maximum absolute atomic E-state index is 4.12. The molecule has 0 saturated heterocycles. The molecule has 108 valence electrons. The first-order valence-electron chi connectivity index (χ1n) is 7.27. The summed E-state index contributed by atoms with van der Waals surface area (Å²) in [5.41, 5.74) is 2.73. The van der Waals surface area contributed by atoms with E-state index < -0.39 is 0 Å². The summed E-state index contributed by atoms with van der Waals surface area (Å²) in [5.74, 6) is 0.531. The van der Waals surface area contributed by atoms with Crippen molar-refractivity contribution in [2.45, 2.75) is 45.7 Å². The van der Waals surface area contributed by atoms with Crippen LogP contribution in [0, 0.1) is 6.92 Å². The van der Waals surface area contributed by atoms with Crippen LogP contribution in [0.15, 0.2) is 36.9 Å². The van der Waals surface area contributed by atoms with Gasteiger partial charge < -0.3 is 5.32 Å². The van der Waals surface area contributed by atoms with Crippen molar-refractivity contribution in [3.63, 3.8) is 0 Å². The second kappa shape index (κ2) is 7.20. The Balaban J connectivity index is 1.73. The van der Waals surface area contributed by atoms with Gasteiger partial charge in [0, 0.05) is 19.1 Å². The van der Waals surface area contributed by atoms with Gasteiger partial charge >= 0.3 is 0 Å². The van der Waals surface area contributed by atoms with Crippen LogP contribution in [0.2, 0.25) is 0 Å². The highest BCUT2D eigenvalue weighted by atomic mass is 15.3. The first-order chi connectivity index (χ1) is 9.65. The molecule has 2 aromatic rings. The van der Waals surface area contributed by atoms with E-state index in [1.807, 2.05) is 4.68 Å². The van der Waals surface area contributed by atoms with Crippen molar-refractivity contribution in [2.24, 2.45) is 0 Å². The van der Waals surface area contributed by atoms with Crippen molar-refractivity contribution in [3.05, 3.63) is 48.0 Å². The molecular weight excluding hydrogens is 248 g/mol. The number of hydrogen-bond acceptors (Lipinski definition) is 3. The summed E-state index contributed by atoms with van der Waals surface area (Å²) in [7, 11) is 0. The van der Waals surface area contributed by atoms with Crippen LogP contribution in [0.4, 0.5) is 0 Å². The van der Waals surface area contributed by atoms with Crippen molar-refractivity contribution in [3.8, 4) is 0 Å². The highest BCUT2D eigenvalue weighted by Gasteiger charge is 2.08. The molecule has 0 radical (unpaired) electrons. The van der Waals surface area contributed by atoms with E-state index in [0.29, 0.717) is 12.0 Å². The van der Waals surface area contributed by atoms with Crippen molar-refractivity contribution in [2.75, 3.05) is 6.54 Å². The van der Waals surface area contributed by atoms with Crippen LogP contribution < -0.4 is 5.32 Å². The molecule has 2 atom stereocenters. The van der Waals surface area contributed by atoms with Crippen molar-refractivity contribution in [1.29, 1.82) is 0 Å². The molecule has 2 rings (SSSR count). The standard InChI is InChI=1S/C16H24N4/c1-13-5-4-6-16(9-13)14(2)10-18-15(3)7-8-20-12-17-11-19-20/h4-6,9,11-12,14-15,18H,7-8,10H2,1-3H3/t14-,15+/m0/s1. The Bertz CT molecular complexity index is 507. The molecule has 20 heavy (non-hydrogen) atoms. The van der Waals surface area contributed by atoms with Gasteiger partial charge in [0.2, 0.25) is 0 Å². The molecule has 1 aromatic carbocycles. The minimum Gasteiger partial charge on any atom is -0.314 e. The summed E-state index contributed by atoms with van der Waals surface area (Å²) in [6.45, 7) is 8.55. The second-order valence-corrected chi connectivity index (χ2v) is 5.57. The molecule has 0 aliphatic rings. The Morgan fingerprint density at radius 2 is 2.15 bits per heavy atom. The van der Waals surface area contributed by atoms with Gasteiger partial charge in [-0.1, -0.05) is 36.8 Å². The van der Waals surface area contributed by atoms with E-state index in [9.17, 15) is 0 Å². The normalized spacial score (nSPS) is 14.2. The Morgan fingerprint density at radius 3 is 2.85 bits per heavy atom. The monoisotopic (exact) mass is 272 g/mol. The molecule has 1 heterocycles. The molecule has 1 N–H and O–H groups in total. The van der Waals surface area contributed by atoms with E-state index in [2.05, 4.69) is 60.4 Å². The van der Waals surface area contributed by atoms with Crippen LogP contribution in [0.1, 0.15) is 37.3 Å². The summed E-state index contributed by atoms with van der Waals surface area (Å²) in [4.78, 5) is 3.95. The van der Waals surface area contributed by atoms with Crippen LogP contribution in [0.3, 0.4) is 0 Å². The molecule has 0 unspecified atom stereocenters. The number of rotatable bonds is 7. The number of nitrogens with one attached hydrogen (secondary N) is 1. The quantitative estimate of drug-likeness (QED) is 0.843. The van der Waals surface area contributed by atoms with Crippen LogP contribution in [0.5, 0.6) is 0 Å². The number of aromatic nitrogens is 3. The summed E-state index contributed by atoms with van der Waals surface area (Å²) in [6.07, 6.45) is 4.41. The molecule has 0 spiro atoms. The third-order valence-electron chi connectivity index (χ3n) is 3.64. The predicted molar refractivity (Wildman–Crippen MR) is 81.7 cm³/mol. The third-order valence-corrected chi connectivity index (χ3v) is 3.64. The smallest absolute Gasteiger partial charge is 0.137 e. The van der Waals surface area contributed by atoms with Crippen molar-refractivity contribution in [1.82, 2.24) is 20.1 Å². The number of aryl methyl sites for hydroxylation is 2. The Labute approximate surface area is 121 Å².